The predicted octanol–water partition coefficient (Wildman–Crippen LogP) is 3.61. The summed E-state index contributed by atoms with van der Waals surface area (Å²) in [4.78, 5) is 14.8. The van der Waals surface area contributed by atoms with Crippen molar-refractivity contribution in [2.75, 3.05) is 7.05 Å². The molecule has 0 fully saturated rings. The topological polar surface area (TPSA) is 56.0 Å². The van der Waals surface area contributed by atoms with Crippen molar-refractivity contribution in [2.45, 2.75) is 20.8 Å². The van der Waals surface area contributed by atoms with Crippen molar-refractivity contribution >= 4 is 6.29 Å². The summed E-state index contributed by atoms with van der Waals surface area (Å²) in [6.45, 7) is 5.87. The molecule has 0 saturated heterocycles. The number of hydrogen-bond acceptors (Lipinski definition) is 3. The highest BCUT2D eigenvalue weighted by Gasteiger charge is 2.06. The van der Waals surface area contributed by atoms with Gasteiger partial charge in [-0.15, -0.1) is 0 Å². The first-order chi connectivity index (χ1) is 9.72. The number of nitrogens with zero attached hydrogens (tertiary/aromatic N) is 1. The lowest BCUT2D eigenvalue weighted by molar-refractivity contribution is 0.112. The maximum absolute atomic E-state index is 13.1. The van der Waals surface area contributed by atoms with Crippen LogP contribution in [0.5, 0.6) is 0 Å². The van der Waals surface area contributed by atoms with Crippen LogP contribution >= 0.6 is 0 Å². The zero-order valence-electron chi connectivity index (χ0n) is 12.4. The van der Waals surface area contributed by atoms with E-state index in [1.807, 2.05) is 32.9 Å². The Labute approximate surface area is 119 Å². The van der Waals surface area contributed by atoms with E-state index in [0.717, 1.165) is 16.8 Å². The summed E-state index contributed by atoms with van der Waals surface area (Å²) in [6.07, 6.45) is 2.22. The first-order valence-electron chi connectivity index (χ1n) is 6.47. The fourth-order valence-corrected chi connectivity index (χ4v) is 1.59. The molecule has 0 saturated carbocycles. The molecule has 3 nitrogen and oxygen atoms in total. The van der Waals surface area contributed by atoms with Gasteiger partial charge in [-0.2, -0.15) is 0 Å². The minimum Gasteiger partial charge on any atom is -0.333 e. The molecule has 0 radical (unpaired) electrons. The first-order valence-corrected chi connectivity index (χ1v) is 6.47. The first kappa shape index (κ1) is 17.9. The zero-order valence-corrected chi connectivity index (χ0v) is 12.4. The third kappa shape index (κ3) is 4.55. The molecule has 1 aromatic carbocycles. The number of nitrogens with two attached hydrogens (primary N) is 1. The molecule has 2 rings (SSSR count). The van der Waals surface area contributed by atoms with E-state index in [9.17, 15) is 9.18 Å². The highest BCUT2D eigenvalue weighted by Crippen LogP contribution is 2.23. The molecular formula is C16H21FN2O. The molecule has 0 amide bonds. The number of aryl methyl sites for hydroxylation is 1. The van der Waals surface area contributed by atoms with Crippen LogP contribution in [0.25, 0.3) is 11.1 Å². The van der Waals surface area contributed by atoms with Crippen molar-refractivity contribution in [1.29, 1.82) is 0 Å². The Balaban J connectivity index is 0.000000829. The van der Waals surface area contributed by atoms with Crippen LogP contribution in [0.4, 0.5) is 4.39 Å². The van der Waals surface area contributed by atoms with Gasteiger partial charge in [0.05, 0.1) is 5.56 Å². The molecule has 2 aromatic rings. The van der Waals surface area contributed by atoms with Gasteiger partial charge in [-0.25, -0.2) is 4.39 Å². The number of hydrogen-bond donors (Lipinski definition) is 1. The molecule has 0 spiro atoms. The van der Waals surface area contributed by atoms with Crippen LogP contribution in [0.15, 0.2) is 36.5 Å². The van der Waals surface area contributed by atoms with Crippen molar-refractivity contribution in [3.05, 3.63) is 53.6 Å². The van der Waals surface area contributed by atoms with Crippen molar-refractivity contribution in [3.63, 3.8) is 0 Å². The van der Waals surface area contributed by atoms with Gasteiger partial charge >= 0.3 is 0 Å². The highest BCUT2D eigenvalue weighted by molar-refractivity contribution is 5.79. The average Bonchev–Trinajstić information content (AvgIpc) is 2.52. The van der Waals surface area contributed by atoms with Crippen LogP contribution in [-0.4, -0.2) is 18.3 Å². The summed E-state index contributed by atoms with van der Waals surface area (Å²) >= 11 is 0. The van der Waals surface area contributed by atoms with Crippen LogP contribution < -0.4 is 5.73 Å². The smallest absolute Gasteiger partial charge is 0.153 e. The lowest BCUT2D eigenvalue weighted by Gasteiger charge is -2.05. The molecule has 1 heterocycles. The summed E-state index contributed by atoms with van der Waals surface area (Å²) in [5.74, 6) is -0.500. The van der Waals surface area contributed by atoms with Gasteiger partial charge in [0.15, 0.2) is 6.29 Å². The molecule has 0 aliphatic rings. The Bertz CT molecular complexity index is 542. The molecule has 0 atom stereocenters. The minimum absolute atomic E-state index is 0.0701. The summed E-state index contributed by atoms with van der Waals surface area (Å²) in [5.41, 5.74) is 7.13. The maximum atomic E-state index is 13.1. The molecular weight excluding hydrogens is 255 g/mol. The van der Waals surface area contributed by atoms with Crippen molar-refractivity contribution in [1.82, 2.24) is 4.98 Å². The maximum Gasteiger partial charge on any atom is 0.153 e. The fraction of sp³-hybridized carbons (Fsp3) is 0.250. The van der Waals surface area contributed by atoms with Gasteiger partial charge in [0.2, 0.25) is 0 Å². The van der Waals surface area contributed by atoms with Crippen LogP contribution in [0.1, 0.15) is 29.9 Å². The fourth-order valence-electron chi connectivity index (χ4n) is 1.59. The van der Waals surface area contributed by atoms with Crippen LogP contribution in [0, 0.1) is 12.7 Å². The van der Waals surface area contributed by atoms with Crippen molar-refractivity contribution in [2.24, 2.45) is 5.73 Å². The standard InChI is InChI=1S/C13H10FNO.C2H6.CH5N/c1-9-12(3-2-6-15-9)10-4-5-13(14)11(7-10)8-16;2*1-2/h2-8H,1H3;1-2H3;2H2,1H3. The van der Waals surface area contributed by atoms with Crippen LogP contribution in [0.3, 0.4) is 0 Å². The summed E-state index contributed by atoms with van der Waals surface area (Å²) in [5, 5.41) is 0. The van der Waals surface area contributed by atoms with E-state index in [2.05, 4.69) is 10.7 Å². The van der Waals surface area contributed by atoms with E-state index in [0.29, 0.717) is 6.29 Å². The monoisotopic (exact) mass is 276 g/mol. The molecule has 2 N–H and O–H groups in total. The van der Waals surface area contributed by atoms with Gasteiger partial charge in [0.25, 0.3) is 0 Å². The number of benzene rings is 1. The van der Waals surface area contributed by atoms with E-state index < -0.39 is 5.82 Å². The molecule has 0 aliphatic carbocycles. The average molecular weight is 276 g/mol. The number of pyridine rings is 1. The molecule has 108 valence electrons. The predicted molar refractivity (Wildman–Crippen MR) is 81.2 cm³/mol. The molecule has 0 aliphatic heterocycles. The number of aldehydes is 1. The third-order valence-corrected chi connectivity index (χ3v) is 2.44. The Morgan fingerprint density at radius 1 is 1.20 bits per heavy atom. The zero-order chi connectivity index (χ0) is 15.5. The highest BCUT2D eigenvalue weighted by atomic mass is 19.1. The molecule has 0 unspecified atom stereocenters. The number of rotatable bonds is 2. The Morgan fingerprint density at radius 3 is 2.40 bits per heavy atom. The number of aromatic nitrogens is 1. The quantitative estimate of drug-likeness (QED) is 0.852. The van der Waals surface area contributed by atoms with Crippen LogP contribution in [0.2, 0.25) is 0 Å². The van der Waals surface area contributed by atoms with Gasteiger partial charge in [0, 0.05) is 17.5 Å². The van der Waals surface area contributed by atoms with Gasteiger partial charge in [0.1, 0.15) is 5.82 Å². The normalized spacial score (nSPS) is 8.70. The number of carbonyl (C=O) groups excluding carboxylic acids is 1. The van der Waals surface area contributed by atoms with E-state index in [1.54, 1.807) is 12.3 Å². The number of halogens is 1. The molecule has 4 heteroatoms. The Kier molecular flexibility index (Phi) is 8.79. The SMILES string of the molecule is CC.CN.Cc1ncccc1-c1ccc(F)c(C=O)c1. The van der Waals surface area contributed by atoms with E-state index in [-0.39, 0.29) is 5.56 Å². The second kappa shape index (κ2) is 9.81. The van der Waals surface area contributed by atoms with E-state index >= 15 is 0 Å². The molecule has 20 heavy (non-hydrogen) atoms. The molecule has 0 bridgehead atoms. The second-order valence-corrected chi connectivity index (χ2v) is 3.49. The van der Waals surface area contributed by atoms with Crippen molar-refractivity contribution < 1.29 is 9.18 Å². The molecule has 1 aromatic heterocycles. The lowest BCUT2D eigenvalue weighted by atomic mass is 10.0. The summed E-state index contributed by atoms with van der Waals surface area (Å²) in [7, 11) is 1.50. The third-order valence-electron chi connectivity index (χ3n) is 2.44. The van der Waals surface area contributed by atoms with Crippen LogP contribution in [-0.2, 0) is 0 Å². The van der Waals surface area contributed by atoms with E-state index in [1.165, 1.54) is 19.2 Å². The van der Waals surface area contributed by atoms with Crippen molar-refractivity contribution in [3.8, 4) is 11.1 Å². The number of carbonyl (C=O) groups is 1. The van der Waals surface area contributed by atoms with Gasteiger partial charge in [-0.1, -0.05) is 26.0 Å². The minimum atomic E-state index is -0.500. The lowest BCUT2D eigenvalue weighted by Crippen LogP contribution is -1.91. The summed E-state index contributed by atoms with van der Waals surface area (Å²) in [6, 6.07) is 8.18. The van der Waals surface area contributed by atoms with Gasteiger partial charge in [-0.3, -0.25) is 9.78 Å². The largest absolute Gasteiger partial charge is 0.333 e. The Hall–Kier alpha value is -2.07. The second-order valence-electron chi connectivity index (χ2n) is 3.49. The van der Waals surface area contributed by atoms with E-state index in [4.69, 9.17) is 0 Å². The summed E-state index contributed by atoms with van der Waals surface area (Å²) < 4.78 is 13.1. The van der Waals surface area contributed by atoms with Gasteiger partial charge < -0.3 is 5.73 Å². The van der Waals surface area contributed by atoms with Gasteiger partial charge in [-0.05, 0) is 37.7 Å². The Morgan fingerprint density at radius 2 is 1.85 bits per heavy atom.